The summed E-state index contributed by atoms with van der Waals surface area (Å²) in [5.41, 5.74) is -1.17. The summed E-state index contributed by atoms with van der Waals surface area (Å²) in [5, 5.41) is 37.6. The van der Waals surface area contributed by atoms with E-state index < -0.39 is 71.2 Å². The van der Waals surface area contributed by atoms with Crippen LogP contribution in [0.3, 0.4) is 0 Å². The standard InChI is InChI=1S/C33H27Br4N4O19P3S/c34-18-7-16-23(17-8-19(35)27(44)25(37)29(17)58-28(16)24(36)26(18)43)14-4-3-13(6-15(14)31(46)47)39-32(64)38-5-1-2-12-10-41(33(48)40-30(12)45)22-9-20(42)21(57-22)11-56-62(52,53)60-63(54,55)59-61(49,50)51/h1-4,6-8,10,20-22,42-43H,5,9,11H2,(H,46,47)(H,52,53)(H,54,55)(H2,38,39,64)(H,40,45,48)(H2,49,50,51)/b2-1+/t20-,21+,22+/m0/s1. The number of hydrogen-bond acceptors (Lipinski definition) is 15. The molecule has 5 atom stereocenters. The highest BCUT2D eigenvalue weighted by molar-refractivity contribution is 9.11. The normalized spacial score (nSPS) is 18.6. The smallest absolute Gasteiger partial charge is 0.490 e. The van der Waals surface area contributed by atoms with Crippen molar-refractivity contribution in [2.45, 2.75) is 24.9 Å². The molecule has 0 saturated carbocycles. The molecule has 2 unspecified atom stereocenters. The lowest BCUT2D eigenvalue weighted by Gasteiger charge is -2.20. The number of phenolic OH excluding ortho intramolecular Hbond substituents is 1. The number of phosphoric ester groups is 1. The zero-order chi connectivity index (χ0) is 47.2. The van der Waals surface area contributed by atoms with Gasteiger partial charge in [0.2, 0.25) is 5.43 Å². The Hall–Kier alpha value is -3.24. The van der Waals surface area contributed by atoms with Crippen molar-refractivity contribution in [3.05, 3.63) is 103 Å². The Balaban J connectivity index is 1.15. The number of thiocarbonyl (C=S) groups is 1. The average Bonchev–Trinajstić information content (AvgIpc) is 3.55. The van der Waals surface area contributed by atoms with Crippen molar-refractivity contribution in [1.29, 1.82) is 0 Å². The van der Waals surface area contributed by atoms with Gasteiger partial charge in [-0.15, -0.1) is 0 Å². The minimum atomic E-state index is -5.80. The van der Waals surface area contributed by atoms with Crippen molar-refractivity contribution in [3.8, 4) is 28.2 Å². The number of fused-ring (bicyclic) bond motifs is 2. The van der Waals surface area contributed by atoms with Gasteiger partial charge >= 0.3 is 35.1 Å². The van der Waals surface area contributed by atoms with Crippen molar-refractivity contribution in [2.24, 2.45) is 0 Å². The number of carboxylic acids is 1. The molecule has 2 aromatic carbocycles. The molecule has 0 radical (unpaired) electrons. The minimum Gasteiger partial charge on any atom is -0.505 e. The number of aliphatic hydroxyl groups is 1. The van der Waals surface area contributed by atoms with Gasteiger partial charge in [-0.3, -0.25) is 23.7 Å². The molecule has 10 N–H and O–H groups in total. The Morgan fingerprint density at radius 2 is 1.69 bits per heavy atom. The van der Waals surface area contributed by atoms with Crippen molar-refractivity contribution in [1.82, 2.24) is 14.9 Å². The van der Waals surface area contributed by atoms with E-state index in [-0.39, 0.29) is 75.4 Å². The van der Waals surface area contributed by atoms with Gasteiger partial charge in [-0.05, 0) is 106 Å². The first kappa shape index (κ1) is 50.2. The van der Waals surface area contributed by atoms with Crippen LogP contribution in [0.5, 0.6) is 5.75 Å². The second kappa shape index (κ2) is 19.5. The molecular weight excluding hydrogens is 1200 g/mol. The Morgan fingerprint density at radius 3 is 2.36 bits per heavy atom. The van der Waals surface area contributed by atoms with Gasteiger partial charge in [0.05, 0.1) is 32.8 Å². The summed E-state index contributed by atoms with van der Waals surface area (Å²) in [7, 11) is -17.0. The van der Waals surface area contributed by atoms with Gasteiger partial charge in [-0.25, -0.2) is 23.3 Å². The Labute approximate surface area is 395 Å². The van der Waals surface area contributed by atoms with Gasteiger partial charge in [0, 0.05) is 41.4 Å². The van der Waals surface area contributed by atoms with E-state index in [1.54, 1.807) is 12.1 Å². The number of carbonyl (C=O) groups is 1. The third kappa shape index (κ3) is 11.5. The summed E-state index contributed by atoms with van der Waals surface area (Å²) < 4.78 is 59.4. The van der Waals surface area contributed by atoms with Crippen LogP contribution in [0.4, 0.5) is 5.69 Å². The number of aromatic amines is 1. The Morgan fingerprint density at radius 1 is 0.984 bits per heavy atom. The number of aromatic nitrogens is 2. The molecule has 0 spiro atoms. The number of hydrogen-bond donors (Lipinski definition) is 10. The number of halogens is 4. The highest BCUT2D eigenvalue weighted by Crippen LogP contribution is 2.66. The molecule has 342 valence electrons. The molecule has 0 amide bonds. The summed E-state index contributed by atoms with van der Waals surface area (Å²) in [6.45, 7) is -1.00. The SMILES string of the molecule is O=C(O)c1cc(NC(=S)NC/C=C/c2cn([C@H]3C[C@H](O)[C@@H](COP(=O)(O)OP(=O)(O)OP(=O)(O)O)O3)c(=O)[nH]c2=O)ccc1-c1c2cc(Br)c(=O)c(Br)c-2oc2c(Br)c(O)c(Br)cc12. The largest absolute Gasteiger partial charge is 0.505 e. The van der Waals surface area contributed by atoms with Crippen molar-refractivity contribution in [2.75, 3.05) is 18.5 Å². The lowest BCUT2D eigenvalue weighted by molar-refractivity contribution is -0.0450. The maximum Gasteiger partial charge on any atom is 0.490 e. The third-order valence-electron chi connectivity index (χ3n) is 8.81. The number of nitrogens with zero attached hydrogens (tertiary/aromatic N) is 1. The molecule has 0 bridgehead atoms. The van der Waals surface area contributed by atoms with Crippen LogP contribution in [0.2, 0.25) is 0 Å². The average molecular weight is 1230 g/mol. The fraction of sp³-hybridized carbons (Fsp3) is 0.182. The van der Waals surface area contributed by atoms with Crippen LogP contribution >= 0.6 is 99.4 Å². The van der Waals surface area contributed by atoms with Crippen molar-refractivity contribution < 1.29 is 75.7 Å². The predicted molar refractivity (Wildman–Crippen MR) is 243 cm³/mol. The number of benzene rings is 3. The first-order valence-electron chi connectivity index (χ1n) is 17.3. The van der Waals surface area contributed by atoms with Crippen LogP contribution in [0.15, 0.2) is 79.3 Å². The van der Waals surface area contributed by atoms with Gasteiger partial charge in [0.25, 0.3) is 5.56 Å². The van der Waals surface area contributed by atoms with Gasteiger partial charge in [0.15, 0.2) is 16.5 Å². The van der Waals surface area contributed by atoms with E-state index in [0.717, 1.165) is 10.8 Å². The Kier molecular flexibility index (Phi) is 15.3. The molecule has 23 nitrogen and oxygen atoms in total. The van der Waals surface area contributed by atoms with E-state index in [9.17, 15) is 58.0 Å². The molecule has 3 heterocycles. The van der Waals surface area contributed by atoms with Crippen molar-refractivity contribution >= 4 is 133 Å². The zero-order valence-corrected chi connectivity index (χ0v) is 41.1. The minimum absolute atomic E-state index is 0.0108. The van der Waals surface area contributed by atoms with Gasteiger partial charge in [-0.1, -0.05) is 18.2 Å². The van der Waals surface area contributed by atoms with E-state index in [2.05, 4.69) is 92.5 Å². The maximum absolute atomic E-state index is 12.8. The van der Waals surface area contributed by atoms with Crippen LogP contribution in [-0.4, -0.2) is 80.9 Å². The number of aliphatic hydroxyl groups excluding tert-OH is 1. The van der Waals surface area contributed by atoms with Gasteiger partial charge in [-0.2, -0.15) is 8.62 Å². The van der Waals surface area contributed by atoms with E-state index in [4.69, 9.17) is 31.2 Å². The fourth-order valence-electron chi connectivity index (χ4n) is 6.15. The molecule has 6 rings (SSSR count). The molecule has 64 heavy (non-hydrogen) atoms. The van der Waals surface area contributed by atoms with E-state index in [1.807, 2.05) is 0 Å². The summed E-state index contributed by atoms with van der Waals surface area (Å²) >= 11 is 18.6. The van der Waals surface area contributed by atoms with E-state index in [0.29, 0.717) is 16.5 Å². The van der Waals surface area contributed by atoms with E-state index >= 15 is 0 Å². The summed E-state index contributed by atoms with van der Waals surface area (Å²) in [4.78, 5) is 89.4. The third-order valence-corrected chi connectivity index (χ3v) is 15.5. The van der Waals surface area contributed by atoms with Crippen LogP contribution in [0.1, 0.15) is 28.6 Å². The lowest BCUT2D eigenvalue weighted by Crippen LogP contribution is -2.33. The molecule has 1 aromatic heterocycles. The second-order valence-corrected chi connectivity index (χ2v) is 21.2. The summed E-state index contributed by atoms with van der Waals surface area (Å²) in [6, 6.07) is 7.46. The second-order valence-electron chi connectivity index (χ2n) is 13.1. The predicted octanol–water partition coefficient (Wildman–Crippen LogP) is 5.86. The number of ether oxygens (including phenoxy) is 1. The number of aromatic carboxylic acids is 1. The van der Waals surface area contributed by atoms with Gasteiger partial charge < -0.3 is 54.7 Å². The van der Waals surface area contributed by atoms with E-state index in [1.165, 1.54) is 30.4 Å². The van der Waals surface area contributed by atoms with Crippen LogP contribution in [0, 0.1) is 0 Å². The monoisotopic (exact) mass is 1220 g/mol. The molecule has 31 heteroatoms. The van der Waals surface area contributed by atoms with Crippen LogP contribution in [-0.2, 0) is 31.6 Å². The molecular formula is C33H27Br4N4O19P3S. The number of H-pyrrole nitrogens is 1. The van der Waals surface area contributed by atoms with Gasteiger partial charge in [0.1, 0.15) is 27.0 Å². The number of anilines is 1. The Bertz CT molecular complexity index is 3070. The highest BCUT2D eigenvalue weighted by atomic mass is 79.9. The molecule has 1 aliphatic carbocycles. The number of nitrogens with one attached hydrogen (secondary N) is 3. The first-order chi connectivity index (χ1) is 29.8. The fourth-order valence-corrected chi connectivity index (χ4v) is 11.8. The molecule has 3 aliphatic rings. The zero-order valence-electron chi connectivity index (χ0n) is 31.2. The number of rotatable bonds is 14. The summed E-state index contributed by atoms with van der Waals surface area (Å²) in [5.74, 6) is -1.43. The number of phenols is 1. The highest BCUT2D eigenvalue weighted by Gasteiger charge is 2.43. The summed E-state index contributed by atoms with van der Waals surface area (Å²) in [6.07, 6.45) is -0.678. The lowest BCUT2D eigenvalue weighted by atomic mass is 9.90. The molecule has 1 saturated heterocycles. The quantitative estimate of drug-likeness (QED) is 0.0353. The molecule has 1 fully saturated rings. The first-order valence-corrected chi connectivity index (χ1v) is 25.4. The number of phosphoric acid groups is 3. The van der Waals surface area contributed by atoms with Crippen LogP contribution < -0.4 is 27.3 Å². The van der Waals surface area contributed by atoms with Crippen LogP contribution in [0.25, 0.3) is 39.5 Å². The maximum atomic E-state index is 12.8. The number of carboxylic acid groups (broad SMARTS) is 1. The van der Waals surface area contributed by atoms with Crippen molar-refractivity contribution in [3.63, 3.8) is 0 Å². The topological polar surface area (TPSA) is 356 Å². The number of aromatic hydroxyl groups is 1. The molecule has 2 aliphatic heterocycles. The molecule has 3 aromatic rings.